The molecule has 4 nitrogen and oxygen atoms in total. The van der Waals surface area contributed by atoms with E-state index in [0.717, 1.165) is 26.0 Å². The number of ether oxygens (including phenoxy) is 3. The van der Waals surface area contributed by atoms with Crippen LogP contribution in [0.1, 0.15) is 33.6 Å². The van der Waals surface area contributed by atoms with E-state index in [-0.39, 0.29) is 12.3 Å². The van der Waals surface area contributed by atoms with Crippen molar-refractivity contribution < 1.29 is 14.2 Å². The summed E-state index contributed by atoms with van der Waals surface area (Å²) >= 11 is 0. The molecule has 0 radical (unpaired) electrons. The molecule has 1 atom stereocenters. The first kappa shape index (κ1) is 14.5. The molecular formula is C13H25NO3. The highest BCUT2D eigenvalue weighted by atomic mass is 16.7. The minimum atomic E-state index is -0.224. The van der Waals surface area contributed by atoms with Gasteiger partial charge in [0.25, 0.3) is 0 Å². The lowest BCUT2D eigenvalue weighted by Gasteiger charge is -2.30. The highest BCUT2D eigenvalue weighted by Crippen LogP contribution is 2.20. The third kappa shape index (κ3) is 4.66. The lowest BCUT2D eigenvalue weighted by atomic mass is 10.0. The van der Waals surface area contributed by atoms with E-state index in [4.69, 9.17) is 14.2 Å². The zero-order valence-electron chi connectivity index (χ0n) is 11.2. The topological polar surface area (TPSA) is 39.7 Å². The van der Waals surface area contributed by atoms with E-state index in [1.807, 2.05) is 20.1 Å². The molecule has 0 aromatic heterocycles. The van der Waals surface area contributed by atoms with Crippen LogP contribution in [-0.2, 0) is 14.2 Å². The second-order valence-corrected chi connectivity index (χ2v) is 3.98. The lowest BCUT2D eigenvalue weighted by Crippen LogP contribution is -2.45. The fourth-order valence-electron chi connectivity index (χ4n) is 2.00. The maximum absolute atomic E-state index is 5.67. The molecule has 0 saturated heterocycles. The molecule has 0 aromatic rings. The van der Waals surface area contributed by atoms with Crippen LogP contribution >= 0.6 is 0 Å². The molecule has 0 fully saturated rings. The van der Waals surface area contributed by atoms with Crippen LogP contribution in [0.2, 0.25) is 0 Å². The van der Waals surface area contributed by atoms with Crippen LogP contribution in [-0.4, -0.2) is 38.7 Å². The smallest absolute Gasteiger partial charge is 0.176 e. The molecule has 1 rings (SSSR count). The Morgan fingerprint density at radius 1 is 1.29 bits per heavy atom. The summed E-state index contributed by atoms with van der Waals surface area (Å²) in [6, 6.07) is 0.0974. The largest absolute Gasteiger partial charge is 0.501 e. The molecule has 0 spiro atoms. The van der Waals surface area contributed by atoms with Gasteiger partial charge in [0, 0.05) is 13.2 Å². The van der Waals surface area contributed by atoms with E-state index >= 15 is 0 Å². The van der Waals surface area contributed by atoms with Gasteiger partial charge in [-0.2, -0.15) is 0 Å². The van der Waals surface area contributed by atoms with E-state index in [1.54, 1.807) is 0 Å². The average molecular weight is 243 g/mol. The Kier molecular flexibility index (Phi) is 7.24. The van der Waals surface area contributed by atoms with Gasteiger partial charge in [-0.25, -0.2) is 0 Å². The van der Waals surface area contributed by atoms with Crippen molar-refractivity contribution in [2.75, 3.05) is 26.4 Å². The molecule has 0 saturated carbocycles. The molecule has 0 aromatic carbocycles. The standard InChI is InChI=1S/C13H25NO3/c1-4-14-12(11-8-7-9-15-10-11)13(16-5-2)17-6-3/h10,12-14H,4-9H2,1-3H3. The SMILES string of the molecule is CCNC(C1=COCCC1)C(OCC)OCC. The van der Waals surface area contributed by atoms with Gasteiger partial charge in [-0.1, -0.05) is 6.92 Å². The van der Waals surface area contributed by atoms with E-state index < -0.39 is 0 Å². The molecule has 1 aliphatic heterocycles. The molecule has 1 N–H and O–H groups in total. The molecule has 1 heterocycles. The third-order valence-electron chi connectivity index (χ3n) is 2.72. The first-order chi connectivity index (χ1) is 8.33. The van der Waals surface area contributed by atoms with Crippen LogP contribution in [0.5, 0.6) is 0 Å². The van der Waals surface area contributed by atoms with Crippen LogP contribution in [0.25, 0.3) is 0 Å². The zero-order chi connectivity index (χ0) is 12.5. The van der Waals surface area contributed by atoms with Crippen molar-refractivity contribution in [3.05, 3.63) is 11.8 Å². The van der Waals surface area contributed by atoms with Gasteiger partial charge in [0.05, 0.1) is 18.9 Å². The summed E-state index contributed by atoms with van der Waals surface area (Å²) in [5, 5.41) is 3.42. The third-order valence-corrected chi connectivity index (χ3v) is 2.72. The summed E-state index contributed by atoms with van der Waals surface area (Å²) in [6.07, 6.45) is 3.76. The Hall–Kier alpha value is -0.580. The van der Waals surface area contributed by atoms with Crippen molar-refractivity contribution >= 4 is 0 Å². The van der Waals surface area contributed by atoms with Gasteiger partial charge in [0.1, 0.15) is 0 Å². The van der Waals surface area contributed by atoms with E-state index in [2.05, 4.69) is 12.2 Å². The quantitative estimate of drug-likeness (QED) is 0.662. The molecule has 1 unspecified atom stereocenters. The minimum Gasteiger partial charge on any atom is -0.501 e. The Balaban J connectivity index is 2.68. The molecule has 0 bridgehead atoms. The van der Waals surface area contributed by atoms with Crippen molar-refractivity contribution in [3.8, 4) is 0 Å². The van der Waals surface area contributed by atoms with Crippen LogP contribution in [0.3, 0.4) is 0 Å². The van der Waals surface area contributed by atoms with Gasteiger partial charge in [-0.3, -0.25) is 0 Å². The second-order valence-electron chi connectivity index (χ2n) is 3.98. The Morgan fingerprint density at radius 3 is 2.47 bits per heavy atom. The van der Waals surface area contributed by atoms with Gasteiger partial charge in [0.2, 0.25) is 0 Å². The molecule has 17 heavy (non-hydrogen) atoms. The normalized spacial score (nSPS) is 17.8. The van der Waals surface area contributed by atoms with E-state index in [1.165, 1.54) is 5.57 Å². The number of nitrogens with one attached hydrogen (secondary N) is 1. The van der Waals surface area contributed by atoms with Crippen molar-refractivity contribution in [3.63, 3.8) is 0 Å². The maximum atomic E-state index is 5.67. The fraction of sp³-hybridized carbons (Fsp3) is 0.846. The van der Waals surface area contributed by atoms with Gasteiger partial charge in [0.15, 0.2) is 6.29 Å². The number of rotatable bonds is 8. The average Bonchev–Trinajstić information content (AvgIpc) is 2.37. The summed E-state index contributed by atoms with van der Waals surface area (Å²) < 4.78 is 16.7. The van der Waals surface area contributed by atoms with Crippen LogP contribution in [0.4, 0.5) is 0 Å². The predicted molar refractivity (Wildman–Crippen MR) is 67.8 cm³/mol. The fourth-order valence-corrected chi connectivity index (χ4v) is 2.00. The van der Waals surface area contributed by atoms with Crippen molar-refractivity contribution in [1.82, 2.24) is 5.32 Å². The molecule has 1 aliphatic rings. The van der Waals surface area contributed by atoms with Crippen LogP contribution < -0.4 is 5.32 Å². The second kappa shape index (κ2) is 8.50. The number of likely N-dealkylation sites (N-methyl/N-ethyl adjacent to an activating group) is 1. The molecule has 100 valence electrons. The van der Waals surface area contributed by atoms with Crippen molar-refractivity contribution in [2.45, 2.75) is 45.9 Å². The Labute approximate surface area is 104 Å². The van der Waals surface area contributed by atoms with Gasteiger partial charge in [-0.05, 0) is 38.8 Å². The van der Waals surface area contributed by atoms with E-state index in [0.29, 0.717) is 13.2 Å². The zero-order valence-corrected chi connectivity index (χ0v) is 11.2. The Bertz CT molecular complexity index is 225. The van der Waals surface area contributed by atoms with Crippen LogP contribution in [0.15, 0.2) is 11.8 Å². The van der Waals surface area contributed by atoms with E-state index in [9.17, 15) is 0 Å². The Morgan fingerprint density at radius 2 is 2.00 bits per heavy atom. The highest BCUT2D eigenvalue weighted by Gasteiger charge is 2.26. The summed E-state index contributed by atoms with van der Waals surface area (Å²) in [7, 11) is 0. The number of hydrogen-bond acceptors (Lipinski definition) is 4. The molecule has 0 aliphatic carbocycles. The minimum absolute atomic E-state index is 0.0974. The summed E-state index contributed by atoms with van der Waals surface area (Å²) in [4.78, 5) is 0. The maximum Gasteiger partial charge on any atom is 0.176 e. The van der Waals surface area contributed by atoms with Gasteiger partial charge < -0.3 is 19.5 Å². The summed E-state index contributed by atoms with van der Waals surface area (Å²) in [5.74, 6) is 0. The predicted octanol–water partition coefficient (Wildman–Crippen LogP) is 2.06. The molecular weight excluding hydrogens is 218 g/mol. The first-order valence-electron chi connectivity index (χ1n) is 6.60. The van der Waals surface area contributed by atoms with Crippen molar-refractivity contribution in [2.24, 2.45) is 0 Å². The first-order valence-corrected chi connectivity index (χ1v) is 6.60. The van der Waals surface area contributed by atoms with Crippen molar-refractivity contribution in [1.29, 1.82) is 0 Å². The summed E-state index contributed by atoms with van der Waals surface area (Å²) in [5.41, 5.74) is 1.24. The monoisotopic (exact) mass is 243 g/mol. The summed E-state index contributed by atoms with van der Waals surface area (Å²) in [6.45, 7) is 9.07. The van der Waals surface area contributed by atoms with Gasteiger partial charge >= 0.3 is 0 Å². The lowest BCUT2D eigenvalue weighted by molar-refractivity contribution is -0.148. The van der Waals surface area contributed by atoms with Gasteiger partial charge in [-0.15, -0.1) is 0 Å². The highest BCUT2D eigenvalue weighted by molar-refractivity contribution is 5.11. The molecule has 0 amide bonds. The number of hydrogen-bond donors (Lipinski definition) is 1. The van der Waals surface area contributed by atoms with Crippen LogP contribution in [0, 0.1) is 0 Å². The molecule has 4 heteroatoms.